The molecule has 2 rings (SSSR count). The number of nitro benzene ring substituents is 1. The van der Waals surface area contributed by atoms with E-state index in [1.54, 1.807) is 39.8 Å². The number of esters is 1. The highest BCUT2D eigenvalue weighted by atomic mass is 16.6. The summed E-state index contributed by atoms with van der Waals surface area (Å²) in [5.74, 6) is -0.653. The number of carbonyl (C=O) groups is 2. The van der Waals surface area contributed by atoms with Gasteiger partial charge in [0.15, 0.2) is 0 Å². The molecule has 0 saturated carbocycles. The lowest BCUT2D eigenvalue weighted by atomic mass is 10.0. The van der Waals surface area contributed by atoms with Gasteiger partial charge in [-0.1, -0.05) is 30.3 Å². The van der Waals surface area contributed by atoms with Gasteiger partial charge in [-0.05, 0) is 45.4 Å². The van der Waals surface area contributed by atoms with E-state index in [2.05, 4.69) is 5.32 Å². The van der Waals surface area contributed by atoms with Gasteiger partial charge in [0, 0.05) is 12.1 Å². The summed E-state index contributed by atoms with van der Waals surface area (Å²) in [7, 11) is 0. The van der Waals surface area contributed by atoms with E-state index in [0.29, 0.717) is 0 Å². The van der Waals surface area contributed by atoms with E-state index in [-0.39, 0.29) is 11.3 Å². The molecule has 0 unspecified atom stereocenters. The fourth-order valence-corrected chi connectivity index (χ4v) is 2.59. The predicted octanol–water partition coefficient (Wildman–Crippen LogP) is 4.41. The Morgan fingerprint density at radius 3 is 2.14 bits per heavy atom. The molecule has 2 atom stereocenters. The van der Waals surface area contributed by atoms with Crippen molar-refractivity contribution < 1.29 is 24.0 Å². The predicted molar refractivity (Wildman–Crippen MR) is 107 cm³/mol. The van der Waals surface area contributed by atoms with Gasteiger partial charge in [-0.2, -0.15) is 0 Å². The second-order valence-corrected chi connectivity index (χ2v) is 7.45. The maximum atomic E-state index is 12.5. The van der Waals surface area contributed by atoms with Crippen molar-refractivity contribution in [2.24, 2.45) is 0 Å². The third-order valence-electron chi connectivity index (χ3n) is 3.91. The molecule has 0 saturated heterocycles. The van der Waals surface area contributed by atoms with Gasteiger partial charge in [-0.15, -0.1) is 0 Å². The van der Waals surface area contributed by atoms with Gasteiger partial charge in [0.1, 0.15) is 11.7 Å². The molecule has 154 valence electrons. The zero-order valence-corrected chi connectivity index (χ0v) is 16.7. The Labute approximate surface area is 169 Å². The van der Waals surface area contributed by atoms with Crippen LogP contribution >= 0.6 is 0 Å². The van der Waals surface area contributed by atoms with Crippen LogP contribution in [0.3, 0.4) is 0 Å². The van der Waals surface area contributed by atoms with Crippen molar-refractivity contribution in [3.63, 3.8) is 0 Å². The summed E-state index contributed by atoms with van der Waals surface area (Å²) in [5, 5.41) is 13.5. The zero-order chi connectivity index (χ0) is 21.6. The van der Waals surface area contributed by atoms with Gasteiger partial charge in [0.05, 0.1) is 16.5 Å². The Balaban J connectivity index is 2.16. The molecule has 0 bridgehead atoms. The molecular weight excluding hydrogens is 376 g/mol. The second-order valence-electron chi connectivity index (χ2n) is 7.45. The van der Waals surface area contributed by atoms with Crippen molar-refractivity contribution in [1.82, 2.24) is 5.32 Å². The van der Waals surface area contributed by atoms with Crippen molar-refractivity contribution in [2.45, 2.75) is 45.4 Å². The minimum Gasteiger partial charge on any atom is -0.457 e. The Morgan fingerprint density at radius 2 is 1.62 bits per heavy atom. The van der Waals surface area contributed by atoms with Crippen LogP contribution in [0.2, 0.25) is 0 Å². The van der Waals surface area contributed by atoms with E-state index in [1.807, 2.05) is 18.2 Å². The van der Waals surface area contributed by atoms with E-state index in [4.69, 9.17) is 9.47 Å². The molecule has 0 aliphatic carbocycles. The van der Waals surface area contributed by atoms with Crippen LogP contribution in [0.15, 0.2) is 54.6 Å². The number of hydrogen-bond acceptors (Lipinski definition) is 6. The molecule has 2 aromatic rings. The minimum absolute atomic E-state index is 0.122. The number of nitrogens with one attached hydrogen (secondary N) is 1. The standard InChI is InChI=1S/C21H24N2O6/c1-14(28-19(24)16-10-12-17(13-11-16)23(26)27)18(15-8-6-5-7-9-15)22-20(25)29-21(2,3)4/h5-14,18H,1-4H3,(H,22,25)/t14-,18+/m1/s1. The maximum Gasteiger partial charge on any atom is 0.408 e. The molecule has 8 nitrogen and oxygen atoms in total. The number of carbonyl (C=O) groups excluding carboxylic acids is 2. The molecule has 0 fully saturated rings. The zero-order valence-electron chi connectivity index (χ0n) is 16.7. The number of hydrogen-bond donors (Lipinski definition) is 1. The van der Waals surface area contributed by atoms with Crippen LogP contribution in [-0.2, 0) is 9.47 Å². The third-order valence-corrected chi connectivity index (χ3v) is 3.91. The van der Waals surface area contributed by atoms with Gasteiger partial charge in [-0.3, -0.25) is 10.1 Å². The Morgan fingerprint density at radius 1 is 1.03 bits per heavy atom. The molecule has 8 heteroatoms. The fraction of sp³-hybridized carbons (Fsp3) is 0.333. The molecule has 29 heavy (non-hydrogen) atoms. The Bertz CT molecular complexity index is 859. The summed E-state index contributed by atoms with van der Waals surface area (Å²) >= 11 is 0. The summed E-state index contributed by atoms with van der Waals surface area (Å²) < 4.78 is 10.8. The van der Waals surface area contributed by atoms with E-state index in [0.717, 1.165) is 5.56 Å². The first-order chi connectivity index (χ1) is 13.6. The van der Waals surface area contributed by atoms with Crippen LogP contribution in [0.4, 0.5) is 10.5 Å². The normalized spacial score (nSPS) is 13.1. The largest absolute Gasteiger partial charge is 0.457 e. The number of non-ortho nitro benzene ring substituents is 1. The lowest BCUT2D eigenvalue weighted by molar-refractivity contribution is -0.384. The van der Waals surface area contributed by atoms with Gasteiger partial charge >= 0.3 is 12.1 Å². The van der Waals surface area contributed by atoms with Crippen molar-refractivity contribution in [2.75, 3.05) is 0 Å². The third kappa shape index (κ3) is 6.60. The monoisotopic (exact) mass is 400 g/mol. The van der Waals surface area contributed by atoms with E-state index >= 15 is 0 Å². The highest BCUT2D eigenvalue weighted by molar-refractivity contribution is 5.89. The molecule has 2 aromatic carbocycles. The summed E-state index contributed by atoms with van der Waals surface area (Å²) in [5.41, 5.74) is 0.113. The summed E-state index contributed by atoms with van der Waals surface area (Å²) in [6.45, 7) is 6.91. The summed E-state index contributed by atoms with van der Waals surface area (Å²) in [6.07, 6.45) is -1.36. The topological polar surface area (TPSA) is 108 Å². The van der Waals surface area contributed by atoms with Crippen LogP contribution in [0, 0.1) is 10.1 Å². The maximum absolute atomic E-state index is 12.5. The second kappa shape index (κ2) is 9.18. The Kier molecular flexibility index (Phi) is 6.93. The molecule has 0 aromatic heterocycles. The van der Waals surface area contributed by atoms with Crippen molar-refractivity contribution in [1.29, 1.82) is 0 Å². The van der Waals surface area contributed by atoms with E-state index in [9.17, 15) is 19.7 Å². The number of alkyl carbamates (subject to hydrolysis) is 1. The van der Waals surface area contributed by atoms with Crippen LogP contribution in [0.5, 0.6) is 0 Å². The SMILES string of the molecule is C[C@@H](OC(=O)c1ccc([N+](=O)[O-])cc1)[C@H](NC(=O)OC(C)(C)C)c1ccccc1. The summed E-state index contributed by atoms with van der Waals surface area (Å²) in [6, 6.07) is 13.5. The van der Waals surface area contributed by atoms with Gasteiger partial charge < -0.3 is 14.8 Å². The van der Waals surface area contributed by atoms with Crippen LogP contribution in [-0.4, -0.2) is 28.7 Å². The summed E-state index contributed by atoms with van der Waals surface area (Å²) in [4.78, 5) is 34.9. The molecule has 0 aliphatic rings. The number of benzene rings is 2. The van der Waals surface area contributed by atoms with Gasteiger partial charge in [-0.25, -0.2) is 9.59 Å². The average molecular weight is 400 g/mol. The molecule has 0 heterocycles. The number of amides is 1. The molecule has 0 radical (unpaired) electrons. The van der Waals surface area contributed by atoms with Crippen LogP contribution in [0.1, 0.15) is 49.7 Å². The number of nitrogens with zero attached hydrogens (tertiary/aromatic N) is 1. The number of rotatable bonds is 6. The minimum atomic E-state index is -0.729. The van der Waals surface area contributed by atoms with E-state index in [1.165, 1.54) is 24.3 Å². The van der Waals surface area contributed by atoms with Crippen molar-refractivity contribution in [3.8, 4) is 0 Å². The van der Waals surface area contributed by atoms with E-state index < -0.39 is 34.7 Å². The first-order valence-corrected chi connectivity index (χ1v) is 9.07. The first kappa shape index (κ1) is 21.9. The molecule has 1 N–H and O–H groups in total. The van der Waals surface area contributed by atoms with Gasteiger partial charge in [0.2, 0.25) is 0 Å². The average Bonchev–Trinajstić information content (AvgIpc) is 2.65. The molecule has 1 amide bonds. The van der Waals surface area contributed by atoms with Crippen LogP contribution in [0.25, 0.3) is 0 Å². The number of ether oxygens (including phenoxy) is 2. The fourth-order valence-electron chi connectivity index (χ4n) is 2.59. The quantitative estimate of drug-likeness (QED) is 0.437. The Hall–Kier alpha value is -3.42. The highest BCUT2D eigenvalue weighted by Crippen LogP contribution is 2.22. The van der Waals surface area contributed by atoms with Crippen molar-refractivity contribution >= 4 is 17.7 Å². The van der Waals surface area contributed by atoms with Crippen molar-refractivity contribution in [3.05, 3.63) is 75.8 Å². The highest BCUT2D eigenvalue weighted by Gasteiger charge is 2.27. The smallest absolute Gasteiger partial charge is 0.408 e. The lowest BCUT2D eigenvalue weighted by Gasteiger charge is -2.27. The lowest BCUT2D eigenvalue weighted by Crippen LogP contribution is -2.40. The molecular formula is C21H24N2O6. The van der Waals surface area contributed by atoms with Gasteiger partial charge in [0.25, 0.3) is 5.69 Å². The first-order valence-electron chi connectivity index (χ1n) is 9.07. The molecule has 0 spiro atoms. The molecule has 0 aliphatic heterocycles. The van der Waals surface area contributed by atoms with Crippen LogP contribution < -0.4 is 5.32 Å². The number of nitro groups is 1.